The van der Waals surface area contributed by atoms with E-state index in [1.165, 1.54) is 19.2 Å². The molecule has 0 bridgehead atoms. The summed E-state index contributed by atoms with van der Waals surface area (Å²) in [4.78, 5) is 34.9. The van der Waals surface area contributed by atoms with Crippen molar-refractivity contribution < 1.29 is 32.2 Å². The summed E-state index contributed by atoms with van der Waals surface area (Å²) in [5.74, 6) is -0.877. The molecule has 1 aliphatic heterocycles. The summed E-state index contributed by atoms with van der Waals surface area (Å²) >= 11 is 0. The maximum Gasteiger partial charge on any atom is 0.423 e. The number of ketones is 1. The SMILES string of the molecule is CCC(=O)Cc1ccccc1Oc1nc(Nc2ccc(C(=O)NC3CCN(C)CC3)cc2OC)ncc1C(F)(F)F. The lowest BCUT2D eigenvalue weighted by Crippen LogP contribution is -2.43. The number of benzene rings is 2. The number of alkyl halides is 3. The van der Waals surface area contributed by atoms with E-state index in [0.717, 1.165) is 25.9 Å². The number of piperidine rings is 1. The predicted molar refractivity (Wildman–Crippen MR) is 147 cm³/mol. The molecule has 2 aromatic carbocycles. The molecule has 0 aliphatic carbocycles. The van der Waals surface area contributed by atoms with Crippen molar-refractivity contribution >= 4 is 23.3 Å². The number of Topliss-reactive ketones (excluding diaryl/α,β-unsaturated/α-hetero) is 1. The van der Waals surface area contributed by atoms with Gasteiger partial charge in [0, 0.05) is 36.2 Å². The molecule has 1 fully saturated rings. The van der Waals surface area contributed by atoms with E-state index in [4.69, 9.17) is 9.47 Å². The number of halogens is 3. The average molecular weight is 572 g/mol. The van der Waals surface area contributed by atoms with Crippen molar-refractivity contribution in [3.8, 4) is 17.4 Å². The molecular weight excluding hydrogens is 539 g/mol. The minimum absolute atomic E-state index is 0.0130. The van der Waals surface area contributed by atoms with Gasteiger partial charge in [-0.3, -0.25) is 9.59 Å². The Morgan fingerprint density at radius 2 is 1.83 bits per heavy atom. The Kier molecular flexibility index (Phi) is 9.43. The Balaban J connectivity index is 1.57. The number of aromatic nitrogens is 2. The monoisotopic (exact) mass is 571 g/mol. The minimum Gasteiger partial charge on any atom is -0.495 e. The highest BCUT2D eigenvalue weighted by Crippen LogP contribution is 2.38. The molecule has 1 amide bonds. The molecule has 41 heavy (non-hydrogen) atoms. The van der Waals surface area contributed by atoms with Crippen LogP contribution in [0.15, 0.2) is 48.7 Å². The summed E-state index contributed by atoms with van der Waals surface area (Å²) in [5.41, 5.74) is -0.0196. The quantitative estimate of drug-likeness (QED) is 0.334. The zero-order chi connectivity index (χ0) is 29.6. The van der Waals surface area contributed by atoms with Gasteiger partial charge in [0.15, 0.2) is 0 Å². The second-order valence-electron chi connectivity index (χ2n) is 9.78. The second kappa shape index (κ2) is 13.0. The molecule has 0 saturated carbocycles. The van der Waals surface area contributed by atoms with Gasteiger partial charge < -0.3 is 25.0 Å². The topological polar surface area (TPSA) is 106 Å². The van der Waals surface area contributed by atoms with E-state index in [2.05, 4.69) is 25.5 Å². The predicted octanol–water partition coefficient (Wildman–Crippen LogP) is 5.39. The molecule has 4 rings (SSSR count). The highest BCUT2D eigenvalue weighted by atomic mass is 19.4. The first-order valence-corrected chi connectivity index (χ1v) is 13.2. The third-order valence-electron chi connectivity index (χ3n) is 6.78. The van der Waals surface area contributed by atoms with Gasteiger partial charge in [-0.05, 0) is 57.2 Å². The Labute approximate surface area is 236 Å². The summed E-state index contributed by atoms with van der Waals surface area (Å²) in [6, 6.07) is 11.1. The lowest BCUT2D eigenvalue weighted by molar-refractivity contribution is -0.139. The summed E-state index contributed by atoms with van der Waals surface area (Å²) in [7, 11) is 3.45. The Hall–Kier alpha value is -4.19. The smallest absolute Gasteiger partial charge is 0.423 e. The van der Waals surface area contributed by atoms with Crippen molar-refractivity contribution in [3.63, 3.8) is 0 Å². The molecule has 3 aromatic rings. The largest absolute Gasteiger partial charge is 0.495 e. The van der Waals surface area contributed by atoms with Crippen LogP contribution in [0.3, 0.4) is 0 Å². The molecule has 0 unspecified atom stereocenters. The van der Waals surface area contributed by atoms with E-state index < -0.39 is 17.6 Å². The lowest BCUT2D eigenvalue weighted by atomic mass is 10.0. The van der Waals surface area contributed by atoms with Gasteiger partial charge in [0.25, 0.3) is 5.91 Å². The van der Waals surface area contributed by atoms with Crippen LogP contribution in [-0.4, -0.2) is 59.8 Å². The Morgan fingerprint density at radius 1 is 1.10 bits per heavy atom. The van der Waals surface area contributed by atoms with Gasteiger partial charge in [0.2, 0.25) is 11.8 Å². The second-order valence-corrected chi connectivity index (χ2v) is 9.78. The molecule has 1 aromatic heterocycles. The van der Waals surface area contributed by atoms with Crippen molar-refractivity contribution in [1.29, 1.82) is 0 Å². The van der Waals surface area contributed by atoms with Crippen LogP contribution in [-0.2, 0) is 17.4 Å². The van der Waals surface area contributed by atoms with Gasteiger partial charge >= 0.3 is 6.18 Å². The third kappa shape index (κ3) is 7.72. The van der Waals surface area contributed by atoms with E-state index in [0.29, 0.717) is 23.0 Å². The fourth-order valence-corrected chi connectivity index (χ4v) is 4.37. The molecule has 9 nitrogen and oxygen atoms in total. The van der Waals surface area contributed by atoms with Crippen molar-refractivity contribution in [1.82, 2.24) is 20.2 Å². The molecule has 0 atom stereocenters. The highest BCUT2D eigenvalue weighted by molar-refractivity contribution is 5.95. The van der Waals surface area contributed by atoms with Crippen LogP contribution in [0, 0.1) is 0 Å². The van der Waals surface area contributed by atoms with Crippen molar-refractivity contribution in [2.75, 3.05) is 32.6 Å². The number of hydrogen-bond acceptors (Lipinski definition) is 8. The number of carbonyl (C=O) groups excluding carboxylic acids is 2. The fraction of sp³-hybridized carbons (Fsp3) is 0.379. The van der Waals surface area contributed by atoms with Crippen LogP contribution in [0.25, 0.3) is 0 Å². The molecule has 1 saturated heterocycles. The number of hydrogen-bond donors (Lipinski definition) is 2. The minimum atomic E-state index is -4.79. The van der Waals surface area contributed by atoms with Crippen molar-refractivity contribution in [3.05, 3.63) is 65.4 Å². The van der Waals surface area contributed by atoms with Gasteiger partial charge in [-0.25, -0.2) is 4.98 Å². The lowest BCUT2D eigenvalue weighted by Gasteiger charge is -2.29. The third-order valence-corrected chi connectivity index (χ3v) is 6.78. The van der Waals surface area contributed by atoms with Crippen LogP contribution >= 0.6 is 0 Å². The average Bonchev–Trinajstić information content (AvgIpc) is 2.95. The van der Waals surface area contributed by atoms with Crippen LogP contribution in [0.1, 0.15) is 47.7 Å². The molecule has 2 N–H and O–H groups in total. The number of para-hydroxylation sites is 1. The molecule has 1 aliphatic rings. The first-order chi connectivity index (χ1) is 19.6. The van der Waals surface area contributed by atoms with Gasteiger partial charge in [0.05, 0.1) is 12.8 Å². The van der Waals surface area contributed by atoms with Crippen LogP contribution in [0.5, 0.6) is 17.4 Å². The molecule has 0 radical (unpaired) electrons. The van der Waals surface area contributed by atoms with E-state index in [1.807, 2.05) is 7.05 Å². The number of rotatable bonds is 10. The van der Waals surface area contributed by atoms with Gasteiger partial charge in [-0.2, -0.15) is 18.2 Å². The molecule has 0 spiro atoms. The maximum absolute atomic E-state index is 13.8. The number of ether oxygens (including phenoxy) is 2. The van der Waals surface area contributed by atoms with Gasteiger partial charge in [-0.15, -0.1) is 0 Å². The van der Waals surface area contributed by atoms with E-state index in [-0.39, 0.29) is 48.0 Å². The number of anilines is 2. The van der Waals surface area contributed by atoms with E-state index in [1.54, 1.807) is 37.3 Å². The number of likely N-dealkylation sites (tertiary alicyclic amines) is 1. The van der Waals surface area contributed by atoms with Crippen LogP contribution in [0.4, 0.5) is 24.8 Å². The standard InChI is InChI=1S/C29H32F3N5O4/c1-4-21(38)15-18-7-5-6-8-24(18)41-27-22(29(30,31)32)17-33-28(36-27)35-23-10-9-19(16-25(23)40-3)26(39)34-20-11-13-37(2)14-12-20/h5-10,16-17,20H,4,11-15H2,1-3H3,(H,34,39)(H,33,35,36). The fourth-order valence-electron chi connectivity index (χ4n) is 4.37. The van der Waals surface area contributed by atoms with Crippen molar-refractivity contribution in [2.45, 2.75) is 44.8 Å². The molecule has 2 heterocycles. The number of carbonyl (C=O) groups is 2. The Bertz CT molecular complexity index is 1390. The summed E-state index contributed by atoms with van der Waals surface area (Å²) in [6.45, 7) is 3.51. The number of nitrogens with one attached hydrogen (secondary N) is 2. The molecule has 218 valence electrons. The number of nitrogens with zero attached hydrogens (tertiary/aromatic N) is 3. The van der Waals surface area contributed by atoms with E-state index in [9.17, 15) is 22.8 Å². The van der Waals surface area contributed by atoms with Crippen molar-refractivity contribution in [2.24, 2.45) is 0 Å². The highest BCUT2D eigenvalue weighted by Gasteiger charge is 2.37. The zero-order valence-electron chi connectivity index (χ0n) is 23.0. The summed E-state index contributed by atoms with van der Waals surface area (Å²) in [5, 5.41) is 5.89. The van der Waals surface area contributed by atoms with Crippen LogP contribution in [0.2, 0.25) is 0 Å². The van der Waals surface area contributed by atoms with E-state index >= 15 is 0 Å². The van der Waals surface area contributed by atoms with Crippen LogP contribution < -0.4 is 20.1 Å². The normalized spacial score (nSPS) is 14.4. The molecule has 12 heteroatoms. The van der Waals surface area contributed by atoms with Gasteiger partial charge in [-0.1, -0.05) is 25.1 Å². The van der Waals surface area contributed by atoms with Gasteiger partial charge in [0.1, 0.15) is 22.8 Å². The number of methoxy groups -OCH3 is 1. The first-order valence-electron chi connectivity index (χ1n) is 13.2. The number of amides is 1. The Morgan fingerprint density at radius 3 is 2.51 bits per heavy atom. The summed E-state index contributed by atoms with van der Waals surface area (Å²) < 4.78 is 52.5. The first kappa shape index (κ1) is 29.8. The maximum atomic E-state index is 13.8. The summed E-state index contributed by atoms with van der Waals surface area (Å²) in [6.07, 6.45) is -2.16. The molecular formula is C29H32F3N5O4. The zero-order valence-corrected chi connectivity index (χ0v) is 23.0.